The van der Waals surface area contributed by atoms with Crippen LogP contribution < -0.4 is 0 Å². The Morgan fingerprint density at radius 3 is 1.16 bits per heavy atom. The number of carbonyl (C=O) groups excluding carboxylic acids is 1. The summed E-state index contributed by atoms with van der Waals surface area (Å²) in [4.78, 5) is 11.7. The van der Waals surface area contributed by atoms with Crippen molar-refractivity contribution in [2.45, 2.75) is 175 Å². The zero-order valence-corrected chi connectivity index (χ0v) is 22.6. The molecule has 0 radical (unpaired) electrons. The highest BCUT2D eigenvalue weighted by atomic mass is 16.6. The highest BCUT2D eigenvalue weighted by Gasteiger charge is 2.22. The van der Waals surface area contributed by atoms with Gasteiger partial charge in [0.1, 0.15) is 5.60 Å². The lowest BCUT2D eigenvalue weighted by molar-refractivity contribution is -0.152. The van der Waals surface area contributed by atoms with Crippen molar-refractivity contribution in [2.75, 3.05) is 0 Å². The molecule has 0 fully saturated rings. The molecule has 0 rings (SSSR count). The molecule has 0 bridgehead atoms. The summed E-state index contributed by atoms with van der Waals surface area (Å²) in [6.45, 7) is 11.7. The van der Waals surface area contributed by atoms with Crippen molar-refractivity contribution in [2.24, 2.45) is 0 Å². The molecular formula is C30H58O2. The van der Waals surface area contributed by atoms with Crippen LogP contribution in [0.25, 0.3) is 0 Å². The lowest BCUT2D eigenvalue weighted by Crippen LogP contribution is -2.28. The quantitative estimate of drug-likeness (QED) is 0.0830. The monoisotopic (exact) mass is 450 g/mol. The van der Waals surface area contributed by atoms with Crippen LogP contribution in [0.1, 0.15) is 169 Å². The summed E-state index contributed by atoms with van der Waals surface area (Å²) in [6, 6.07) is 0. The van der Waals surface area contributed by atoms with Gasteiger partial charge in [0.2, 0.25) is 0 Å². The van der Waals surface area contributed by atoms with Gasteiger partial charge in [-0.3, -0.25) is 0 Å². The fourth-order valence-corrected chi connectivity index (χ4v) is 4.37. The molecule has 2 heteroatoms. The number of esters is 1. The zero-order valence-electron chi connectivity index (χ0n) is 22.6. The van der Waals surface area contributed by atoms with Crippen LogP contribution in [0.3, 0.4) is 0 Å². The molecule has 0 aromatic heterocycles. The normalized spacial score (nSPS) is 11.6. The summed E-state index contributed by atoms with van der Waals surface area (Å²) >= 11 is 0. The fourth-order valence-electron chi connectivity index (χ4n) is 4.37. The van der Waals surface area contributed by atoms with Crippen molar-refractivity contribution in [1.29, 1.82) is 0 Å². The van der Waals surface area contributed by atoms with Gasteiger partial charge in [0, 0.05) is 5.57 Å². The van der Waals surface area contributed by atoms with Gasteiger partial charge in [0.25, 0.3) is 0 Å². The van der Waals surface area contributed by atoms with Gasteiger partial charge in [-0.05, 0) is 33.6 Å². The van der Waals surface area contributed by atoms with Crippen molar-refractivity contribution < 1.29 is 9.53 Å². The SMILES string of the molecule is C=C(C)C(=O)OC(C)(C)CCCCCCCCCCCCCCCCCCCCCCC. The molecule has 2 nitrogen and oxygen atoms in total. The minimum Gasteiger partial charge on any atom is -0.456 e. The molecule has 0 saturated heterocycles. The maximum atomic E-state index is 11.7. The number of hydrogen-bond acceptors (Lipinski definition) is 2. The first-order valence-electron chi connectivity index (χ1n) is 14.3. The Balaban J connectivity index is 3.24. The largest absolute Gasteiger partial charge is 0.456 e. The smallest absolute Gasteiger partial charge is 0.333 e. The summed E-state index contributed by atoms with van der Waals surface area (Å²) in [5, 5.41) is 0. The Morgan fingerprint density at radius 1 is 0.594 bits per heavy atom. The lowest BCUT2D eigenvalue weighted by Gasteiger charge is -2.25. The zero-order chi connectivity index (χ0) is 23.9. The molecule has 0 aliphatic rings. The summed E-state index contributed by atoms with van der Waals surface area (Å²) < 4.78 is 5.50. The van der Waals surface area contributed by atoms with Gasteiger partial charge in [0.15, 0.2) is 0 Å². The van der Waals surface area contributed by atoms with E-state index >= 15 is 0 Å². The topological polar surface area (TPSA) is 26.3 Å². The lowest BCUT2D eigenvalue weighted by atomic mass is 9.98. The van der Waals surface area contributed by atoms with Crippen LogP contribution in [-0.4, -0.2) is 11.6 Å². The Labute approximate surface area is 202 Å². The standard InChI is InChI=1S/C30H58O2/c1-6-7-8-9-10-11-12-13-14-15-16-17-18-19-20-21-22-23-24-25-26-27-30(4,5)32-29(31)28(2)3/h2,6-27H2,1,3-5H3. The van der Waals surface area contributed by atoms with Crippen molar-refractivity contribution in [3.05, 3.63) is 12.2 Å². The molecule has 190 valence electrons. The fraction of sp³-hybridized carbons (Fsp3) is 0.900. The third kappa shape index (κ3) is 22.4. The number of unbranched alkanes of at least 4 members (excludes halogenated alkanes) is 20. The van der Waals surface area contributed by atoms with E-state index in [-0.39, 0.29) is 11.6 Å². The van der Waals surface area contributed by atoms with E-state index in [0.717, 1.165) is 12.8 Å². The van der Waals surface area contributed by atoms with Crippen LogP contribution in [0.2, 0.25) is 0 Å². The van der Waals surface area contributed by atoms with E-state index in [0.29, 0.717) is 5.57 Å². The molecule has 0 N–H and O–H groups in total. The first-order valence-corrected chi connectivity index (χ1v) is 14.3. The average Bonchev–Trinajstić information content (AvgIpc) is 2.74. The average molecular weight is 451 g/mol. The number of rotatable bonds is 24. The highest BCUT2D eigenvalue weighted by Crippen LogP contribution is 2.21. The van der Waals surface area contributed by atoms with Crippen LogP contribution in [0.15, 0.2) is 12.2 Å². The Hall–Kier alpha value is -0.790. The molecule has 32 heavy (non-hydrogen) atoms. The summed E-state index contributed by atoms with van der Waals surface area (Å²) in [6.07, 6.45) is 30.4. The molecule has 0 spiro atoms. The predicted molar refractivity (Wildman–Crippen MR) is 142 cm³/mol. The minimum atomic E-state index is -0.371. The van der Waals surface area contributed by atoms with Crippen molar-refractivity contribution in [3.63, 3.8) is 0 Å². The number of carbonyl (C=O) groups is 1. The van der Waals surface area contributed by atoms with Gasteiger partial charge in [-0.15, -0.1) is 0 Å². The highest BCUT2D eigenvalue weighted by molar-refractivity contribution is 5.87. The Morgan fingerprint density at radius 2 is 0.875 bits per heavy atom. The Kier molecular flexibility index (Phi) is 21.5. The van der Waals surface area contributed by atoms with E-state index in [9.17, 15) is 4.79 Å². The van der Waals surface area contributed by atoms with Crippen LogP contribution in [0.5, 0.6) is 0 Å². The van der Waals surface area contributed by atoms with Crippen LogP contribution in [0.4, 0.5) is 0 Å². The van der Waals surface area contributed by atoms with Crippen LogP contribution >= 0.6 is 0 Å². The van der Waals surface area contributed by atoms with Crippen LogP contribution in [-0.2, 0) is 9.53 Å². The van der Waals surface area contributed by atoms with Gasteiger partial charge < -0.3 is 4.74 Å². The number of ether oxygens (including phenoxy) is 1. The molecule has 0 unspecified atom stereocenters. The van der Waals surface area contributed by atoms with Crippen LogP contribution in [0, 0.1) is 0 Å². The first kappa shape index (κ1) is 31.2. The summed E-state index contributed by atoms with van der Waals surface area (Å²) in [5.74, 6) is -0.265. The van der Waals surface area contributed by atoms with Gasteiger partial charge >= 0.3 is 5.97 Å². The molecular weight excluding hydrogens is 392 g/mol. The summed E-state index contributed by atoms with van der Waals surface area (Å²) in [7, 11) is 0. The van der Waals surface area contributed by atoms with E-state index in [1.807, 2.05) is 13.8 Å². The second kappa shape index (κ2) is 22.0. The molecule has 0 atom stereocenters. The van der Waals surface area contributed by atoms with Gasteiger partial charge in [-0.2, -0.15) is 0 Å². The third-order valence-electron chi connectivity index (χ3n) is 6.60. The van der Waals surface area contributed by atoms with Crippen molar-refractivity contribution in [3.8, 4) is 0 Å². The molecule has 0 aromatic rings. The van der Waals surface area contributed by atoms with E-state index in [1.54, 1.807) is 6.92 Å². The van der Waals surface area contributed by atoms with Crippen molar-refractivity contribution in [1.82, 2.24) is 0 Å². The minimum absolute atomic E-state index is 0.265. The summed E-state index contributed by atoms with van der Waals surface area (Å²) in [5.41, 5.74) is 0.112. The van der Waals surface area contributed by atoms with Gasteiger partial charge in [-0.25, -0.2) is 4.79 Å². The van der Waals surface area contributed by atoms with E-state index in [2.05, 4.69) is 13.5 Å². The molecule has 0 aromatic carbocycles. The van der Waals surface area contributed by atoms with E-state index in [1.165, 1.54) is 128 Å². The molecule has 0 aliphatic heterocycles. The maximum absolute atomic E-state index is 11.7. The van der Waals surface area contributed by atoms with Gasteiger partial charge in [-0.1, -0.05) is 142 Å². The van der Waals surface area contributed by atoms with E-state index < -0.39 is 0 Å². The molecule has 0 amide bonds. The predicted octanol–water partition coefficient (Wildman–Crippen LogP) is 10.5. The second-order valence-electron chi connectivity index (χ2n) is 10.8. The Bertz CT molecular complexity index is 438. The number of hydrogen-bond donors (Lipinski definition) is 0. The molecule has 0 aliphatic carbocycles. The molecule has 0 saturated carbocycles. The molecule has 0 heterocycles. The first-order chi connectivity index (χ1) is 15.4. The van der Waals surface area contributed by atoms with Crippen molar-refractivity contribution >= 4 is 5.97 Å². The van der Waals surface area contributed by atoms with E-state index in [4.69, 9.17) is 4.74 Å². The third-order valence-corrected chi connectivity index (χ3v) is 6.60. The van der Waals surface area contributed by atoms with Gasteiger partial charge in [0.05, 0.1) is 0 Å². The maximum Gasteiger partial charge on any atom is 0.333 e. The second-order valence-corrected chi connectivity index (χ2v) is 10.8.